The van der Waals surface area contributed by atoms with E-state index in [0.29, 0.717) is 23.2 Å². The maximum Gasteiger partial charge on any atom is 0.0757 e. The van der Waals surface area contributed by atoms with E-state index in [2.05, 4.69) is 47.6 Å². The lowest BCUT2D eigenvalue weighted by Gasteiger charge is -2.59. The Morgan fingerprint density at radius 3 is 2.39 bits per heavy atom. The summed E-state index contributed by atoms with van der Waals surface area (Å²) in [6, 6.07) is 0. The molecule has 178 valence electrons. The topological polar surface area (TPSA) is 40.5 Å². The molecule has 4 rings (SSSR count). The van der Waals surface area contributed by atoms with E-state index in [4.69, 9.17) is 0 Å². The van der Waals surface area contributed by atoms with Gasteiger partial charge >= 0.3 is 0 Å². The van der Waals surface area contributed by atoms with E-state index in [1.54, 1.807) is 0 Å². The Balaban J connectivity index is 1.52. The van der Waals surface area contributed by atoms with Gasteiger partial charge in [0.25, 0.3) is 0 Å². The van der Waals surface area contributed by atoms with Crippen molar-refractivity contribution in [3.05, 3.63) is 11.6 Å². The molecule has 4 aliphatic carbocycles. The van der Waals surface area contributed by atoms with Crippen molar-refractivity contribution in [2.24, 2.45) is 52.3 Å². The monoisotopic (exact) mass is 430 g/mol. The van der Waals surface area contributed by atoms with Gasteiger partial charge in [-0.2, -0.15) is 0 Å². The average molecular weight is 431 g/mol. The quantitative estimate of drug-likeness (QED) is 0.446. The molecule has 0 aliphatic heterocycles. The van der Waals surface area contributed by atoms with Crippen molar-refractivity contribution in [2.75, 3.05) is 0 Å². The van der Waals surface area contributed by atoms with Gasteiger partial charge in [-0.15, -0.1) is 0 Å². The van der Waals surface area contributed by atoms with E-state index >= 15 is 0 Å². The van der Waals surface area contributed by atoms with Crippen molar-refractivity contribution in [1.82, 2.24) is 0 Å². The van der Waals surface area contributed by atoms with Crippen LogP contribution in [0.3, 0.4) is 0 Å². The van der Waals surface area contributed by atoms with E-state index < -0.39 is 0 Å². The van der Waals surface area contributed by atoms with Gasteiger partial charge in [0.05, 0.1) is 12.2 Å². The fourth-order valence-corrected chi connectivity index (χ4v) is 9.29. The SMILES string of the molecule is CCC(CC[C@@H](C)[C@H]1CC[C@H]2C3[C@H](O)C=C4C[C@@H](O)CC[C@]4(C)[C@H]3CC[C@]12C)C(C)C. The van der Waals surface area contributed by atoms with Gasteiger partial charge in [0.1, 0.15) is 0 Å². The van der Waals surface area contributed by atoms with Crippen LogP contribution in [-0.4, -0.2) is 22.4 Å². The Hall–Kier alpha value is -0.340. The first kappa shape index (κ1) is 23.8. The van der Waals surface area contributed by atoms with Gasteiger partial charge in [0, 0.05) is 0 Å². The third-order valence-corrected chi connectivity index (χ3v) is 11.3. The number of hydrogen-bond donors (Lipinski definition) is 2. The Morgan fingerprint density at radius 1 is 0.968 bits per heavy atom. The van der Waals surface area contributed by atoms with Crippen molar-refractivity contribution in [3.8, 4) is 0 Å². The summed E-state index contributed by atoms with van der Waals surface area (Å²) in [5.74, 6) is 4.99. The third-order valence-electron chi connectivity index (χ3n) is 11.3. The standard InChI is InChI=1S/C29H50O2/c1-7-20(18(2)3)9-8-19(4)23-10-11-24-27-25(13-15-29(23,24)6)28(5)14-12-22(30)16-21(28)17-26(27)31/h17-20,22-27,30-31H,7-16H2,1-6H3/t19-,20?,22+,23-,24+,25+,26-,27?,28+,29-/m1/s1. The zero-order chi connectivity index (χ0) is 22.6. The molecule has 2 unspecified atom stereocenters. The summed E-state index contributed by atoms with van der Waals surface area (Å²) in [5, 5.41) is 21.6. The lowest BCUT2D eigenvalue weighted by Crippen LogP contribution is -2.54. The molecule has 2 heteroatoms. The summed E-state index contributed by atoms with van der Waals surface area (Å²) in [5.41, 5.74) is 1.97. The smallest absolute Gasteiger partial charge is 0.0757 e. The normalized spacial score (nSPS) is 46.7. The minimum atomic E-state index is -0.303. The highest BCUT2D eigenvalue weighted by atomic mass is 16.3. The molecule has 2 N–H and O–H groups in total. The number of hydrogen-bond acceptors (Lipinski definition) is 2. The van der Waals surface area contributed by atoms with Crippen LogP contribution in [0.4, 0.5) is 0 Å². The molecule has 10 atom stereocenters. The van der Waals surface area contributed by atoms with Crippen molar-refractivity contribution >= 4 is 0 Å². The van der Waals surface area contributed by atoms with Crippen LogP contribution < -0.4 is 0 Å². The highest BCUT2D eigenvalue weighted by molar-refractivity contribution is 5.27. The first-order valence-corrected chi connectivity index (χ1v) is 13.7. The minimum Gasteiger partial charge on any atom is -0.393 e. The van der Waals surface area contributed by atoms with Crippen LogP contribution in [-0.2, 0) is 0 Å². The molecule has 31 heavy (non-hydrogen) atoms. The van der Waals surface area contributed by atoms with Gasteiger partial charge in [0.15, 0.2) is 0 Å². The number of aliphatic hydroxyl groups is 2. The molecule has 0 heterocycles. The molecule has 3 fully saturated rings. The molecular weight excluding hydrogens is 380 g/mol. The highest BCUT2D eigenvalue weighted by Crippen LogP contribution is 2.67. The molecule has 0 aromatic rings. The lowest BCUT2D eigenvalue weighted by atomic mass is 9.46. The third kappa shape index (κ3) is 3.96. The predicted octanol–water partition coefficient (Wildman–Crippen LogP) is 7.00. The molecule has 0 aromatic heterocycles. The number of fused-ring (bicyclic) bond motifs is 5. The molecule has 2 nitrogen and oxygen atoms in total. The minimum absolute atomic E-state index is 0.202. The molecule has 0 bridgehead atoms. The summed E-state index contributed by atoms with van der Waals surface area (Å²) >= 11 is 0. The van der Waals surface area contributed by atoms with Crippen molar-refractivity contribution in [3.63, 3.8) is 0 Å². The Kier molecular flexibility index (Phi) is 6.75. The van der Waals surface area contributed by atoms with Gasteiger partial charge in [-0.3, -0.25) is 0 Å². The lowest BCUT2D eigenvalue weighted by molar-refractivity contribution is -0.0972. The number of aliphatic hydroxyl groups excluding tert-OH is 2. The highest BCUT2D eigenvalue weighted by Gasteiger charge is 2.61. The van der Waals surface area contributed by atoms with Crippen molar-refractivity contribution in [1.29, 1.82) is 0 Å². The van der Waals surface area contributed by atoms with E-state index in [1.807, 2.05) is 0 Å². The average Bonchev–Trinajstić information content (AvgIpc) is 3.06. The van der Waals surface area contributed by atoms with E-state index in [1.165, 1.54) is 50.5 Å². The summed E-state index contributed by atoms with van der Waals surface area (Å²) in [6.45, 7) is 14.7. The van der Waals surface area contributed by atoms with Crippen molar-refractivity contribution in [2.45, 2.75) is 118 Å². The van der Waals surface area contributed by atoms with Gasteiger partial charge < -0.3 is 10.2 Å². The first-order valence-electron chi connectivity index (χ1n) is 13.7. The Bertz CT molecular complexity index is 668. The summed E-state index contributed by atoms with van der Waals surface area (Å²) in [7, 11) is 0. The second-order valence-electron chi connectivity index (χ2n) is 13.0. The second-order valence-corrected chi connectivity index (χ2v) is 13.0. The summed E-state index contributed by atoms with van der Waals surface area (Å²) in [4.78, 5) is 0. The van der Waals surface area contributed by atoms with Crippen LogP contribution in [0.5, 0.6) is 0 Å². The molecule has 4 aliphatic rings. The largest absolute Gasteiger partial charge is 0.393 e. The fourth-order valence-electron chi connectivity index (χ4n) is 9.29. The maximum absolute atomic E-state index is 11.3. The van der Waals surface area contributed by atoms with Crippen LogP contribution in [0.15, 0.2) is 11.6 Å². The molecule has 0 radical (unpaired) electrons. The Labute approximate surface area is 192 Å². The fraction of sp³-hybridized carbons (Fsp3) is 0.931. The predicted molar refractivity (Wildman–Crippen MR) is 130 cm³/mol. The van der Waals surface area contributed by atoms with Crippen LogP contribution >= 0.6 is 0 Å². The molecule has 3 saturated carbocycles. The van der Waals surface area contributed by atoms with Crippen LogP contribution in [0.1, 0.15) is 106 Å². The first-order chi connectivity index (χ1) is 14.6. The van der Waals surface area contributed by atoms with Gasteiger partial charge in [-0.25, -0.2) is 0 Å². The molecule has 0 spiro atoms. The molecule has 0 aromatic carbocycles. The molecular formula is C29H50O2. The van der Waals surface area contributed by atoms with Gasteiger partial charge in [-0.1, -0.05) is 66.0 Å². The van der Waals surface area contributed by atoms with Crippen LogP contribution in [0.25, 0.3) is 0 Å². The van der Waals surface area contributed by atoms with Crippen LogP contribution in [0.2, 0.25) is 0 Å². The Morgan fingerprint density at radius 2 is 1.71 bits per heavy atom. The number of rotatable bonds is 6. The summed E-state index contributed by atoms with van der Waals surface area (Å²) in [6.07, 6.45) is 13.9. The zero-order valence-electron chi connectivity index (χ0n) is 21.2. The zero-order valence-corrected chi connectivity index (χ0v) is 21.2. The van der Waals surface area contributed by atoms with Gasteiger partial charge in [-0.05, 0) is 104 Å². The summed E-state index contributed by atoms with van der Waals surface area (Å²) < 4.78 is 0. The van der Waals surface area contributed by atoms with E-state index in [0.717, 1.165) is 42.9 Å². The molecule has 0 amide bonds. The van der Waals surface area contributed by atoms with E-state index in [-0.39, 0.29) is 17.6 Å². The van der Waals surface area contributed by atoms with Gasteiger partial charge in [0.2, 0.25) is 0 Å². The van der Waals surface area contributed by atoms with Crippen LogP contribution in [0, 0.1) is 52.3 Å². The second kappa shape index (κ2) is 8.79. The molecule has 0 saturated heterocycles. The van der Waals surface area contributed by atoms with Crippen molar-refractivity contribution < 1.29 is 10.2 Å². The maximum atomic E-state index is 11.3. The van der Waals surface area contributed by atoms with E-state index in [9.17, 15) is 10.2 Å².